The van der Waals surface area contributed by atoms with Gasteiger partial charge in [-0.3, -0.25) is 0 Å². The van der Waals surface area contributed by atoms with Crippen LogP contribution in [-0.4, -0.2) is 47.8 Å². The van der Waals surface area contributed by atoms with Crippen molar-refractivity contribution in [1.29, 1.82) is 0 Å². The number of rotatable bonds is 13. The Morgan fingerprint density at radius 3 is 2.24 bits per heavy atom. The molecule has 0 saturated carbocycles. The van der Waals surface area contributed by atoms with Crippen LogP contribution in [0.15, 0.2) is 12.2 Å². The molecule has 0 spiro atoms. The van der Waals surface area contributed by atoms with Gasteiger partial charge in [0, 0.05) is 12.4 Å². The van der Waals surface area contributed by atoms with Crippen molar-refractivity contribution < 1.29 is 19.5 Å². The molecule has 21 heavy (non-hydrogen) atoms. The molecule has 0 aromatic carbocycles. The topological polar surface area (TPSA) is 60.4 Å². The minimum absolute atomic E-state index is 0.0618. The molecule has 1 unspecified atom stereocenters. The zero-order valence-electron chi connectivity index (χ0n) is 14.0. The molecule has 124 valence electrons. The first-order valence-electron chi connectivity index (χ1n) is 8.39. The first kappa shape index (κ1) is 20.1. The van der Waals surface area contributed by atoms with Gasteiger partial charge in [-0.1, -0.05) is 45.8 Å². The molecule has 0 amide bonds. The minimum atomic E-state index is -1.00. The van der Waals surface area contributed by atoms with E-state index in [0.717, 1.165) is 45.2 Å². The summed E-state index contributed by atoms with van der Waals surface area (Å²) >= 11 is 0. The number of allylic oxidation sites excluding steroid dienone is 1. The van der Waals surface area contributed by atoms with Gasteiger partial charge in [0.15, 0.2) is 0 Å². The van der Waals surface area contributed by atoms with E-state index in [-0.39, 0.29) is 6.42 Å². The normalized spacial score (nSPS) is 13.7. The lowest BCUT2D eigenvalue weighted by Crippen LogP contribution is -2.54. The Morgan fingerprint density at radius 1 is 1.14 bits per heavy atom. The summed E-state index contributed by atoms with van der Waals surface area (Å²) in [4.78, 5) is 10.8. The lowest BCUT2D eigenvalue weighted by Gasteiger charge is -2.39. The molecule has 1 N–H and O–H groups in total. The Labute approximate surface area is 130 Å². The quantitative estimate of drug-likeness (QED) is 0.321. The molecule has 0 aliphatic heterocycles. The van der Waals surface area contributed by atoms with Gasteiger partial charge in [-0.25, -0.2) is 0 Å². The lowest BCUT2D eigenvalue weighted by atomic mass is 10.1. The monoisotopic (exact) mass is 299 g/mol. The molecule has 4 nitrogen and oxygen atoms in total. The number of nitrogens with zero attached hydrogens (tertiary/aromatic N) is 1. The van der Waals surface area contributed by atoms with Crippen molar-refractivity contribution in [2.45, 2.75) is 65.4 Å². The van der Waals surface area contributed by atoms with E-state index in [9.17, 15) is 15.0 Å². The molecule has 0 fully saturated rings. The van der Waals surface area contributed by atoms with Gasteiger partial charge < -0.3 is 19.5 Å². The highest BCUT2D eigenvalue weighted by Gasteiger charge is 2.27. The highest BCUT2D eigenvalue weighted by Crippen LogP contribution is 2.14. The number of quaternary nitrogens is 1. The smallest absolute Gasteiger partial charge is 0.121 e. The van der Waals surface area contributed by atoms with E-state index >= 15 is 0 Å². The number of carbonyl (C=O) groups excluding carboxylic acids is 1. The zero-order valence-corrected chi connectivity index (χ0v) is 14.0. The second-order valence-electron chi connectivity index (χ2n) is 5.95. The van der Waals surface area contributed by atoms with Crippen LogP contribution < -0.4 is 5.11 Å². The highest BCUT2D eigenvalue weighted by molar-refractivity contribution is 5.64. The first-order chi connectivity index (χ1) is 9.99. The van der Waals surface area contributed by atoms with Gasteiger partial charge in [-0.2, -0.15) is 0 Å². The Hall–Kier alpha value is -0.870. The zero-order chi connectivity index (χ0) is 16.1. The molecule has 0 bridgehead atoms. The predicted octanol–water partition coefficient (Wildman–Crippen LogP) is 1.87. The fraction of sp³-hybridized carbons (Fsp3) is 0.824. The van der Waals surface area contributed by atoms with Crippen LogP contribution in [-0.2, 0) is 4.79 Å². The van der Waals surface area contributed by atoms with E-state index in [1.807, 2.05) is 12.2 Å². The third-order valence-electron chi connectivity index (χ3n) is 3.84. The van der Waals surface area contributed by atoms with Gasteiger partial charge in [-0.05, 0) is 19.3 Å². The van der Waals surface area contributed by atoms with Gasteiger partial charge in [0.05, 0.1) is 19.6 Å². The number of unbranched alkanes of at least 4 members (excludes halogenated alkanes) is 2. The molecule has 1 atom stereocenters. The van der Waals surface area contributed by atoms with E-state index < -0.39 is 12.1 Å². The minimum Gasteiger partial charge on any atom is -0.550 e. The molecule has 0 rings (SSSR count). The van der Waals surface area contributed by atoms with Crippen molar-refractivity contribution in [2.24, 2.45) is 0 Å². The Kier molecular flexibility index (Phi) is 11.3. The fourth-order valence-corrected chi connectivity index (χ4v) is 2.92. The molecule has 0 aliphatic rings. The van der Waals surface area contributed by atoms with Crippen molar-refractivity contribution >= 4 is 5.97 Å². The predicted molar refractivity (Wildman–Crippen MR) is 84.6 cm³/mol. The van der Waals surface area contributed by atoms with E-state index in [2.05, 4.69) is 20.8 Å². The number of carbonyl (C=O) groups is 1. The van der Waals surface area contributed by atoms with Crippen molar-refractivity contribution in [2.75, 3.05) is 26.2 Å². The maximum atomic E-state index is 10.8. The van der Waals surface area contributed by atoms with Crippen LogP contribution in [0.3, 0.4) is 0 Å². The molecule has 0 aliphatic carbocycles. The number of carboxylic acids is 1. The number of hydrogen-bond acceptors (Lipinski definition) is 3. The number of hydrogen-bond donors (Lipinski definition) is 1. The van der Waals surface area contributed by atoms with Crippen molar-refractivity contribution in [3.05, 3.63) is 12.2 Å². The first-order valence-corrected chi connectivity index (χ1v) is 8.39. The van der Waals surface area contributed by atoms with Gasteiger partial charge in [0.1, 0.15) is 12.6 Å². The van der Waals surface area contributed by atoms with Crippen LogP contribution in [0.1, 0.15) is 59.3 Å². The van der Waals surface area contributed by atoms with Gasteiger partial charge >= 0.3 is 0 Å². The Morgan fingerprint density at radius 2 is 1.76 bits per heavy atom. The van der Waals surface area contributed by atoms with Gasteiger partial charge in [0.2, 0.25) is 0 Å². The van der Waals surface area contributed by atoms with Crippen LogP contribution in [0.5, 0.6) is 0 Å². The van der Waals surface area contributed by atoms with Crippen LogP contribution in [0.25, 0.3) is 0 Å². The third-order valence-corrected chi connectivity index (χ3v) is 3.84. The molecule has 0 aromatic rings. The maximum Gasteiger partial charge on any atom is 0.121 e. The summed E-state index contributed by atoms with van der Waals surface area (Å²) in [5, 5.41) is 21.0. The van der Waals surface area contributed by atoms with Crippen LogP contribution >= 0.6 is 0 Å². The average molecular weight is 299 g/mol. The SMILES string of the molecule is CCCC/C=C/C(O)C[N+](CCC)(CCC)CCC(=O)[O-]. The molecule has 0 aromatic heterocycles. The van der Waals surface area contributed by atoms with Crippen molar-refractivity contribution in [1.82, 2.24) is 0 Å². The number of aliphatic carboxylic acids is 1. The van der Waals surface area contributed by atoms with E-state index in [1.54, 1.807) is 0 Å². The summed E-state index contributed by atoms with van der Waals surface area (Å²) in [7, 11) is 0. The summed E-state index contributed by atoms with van der Waals surface area (Å²) in [6, 6.07) is 0. The Balaban J connectivity index is 4.67. The van der Waals surface area contributed by atoms with Gasteiger partial charge in [0.25, 0.3) is 0 Å². The summed E-state index contributed by atoms with van der Waals surface area (Å²) in [6.45, 7) is 9.30. The van der Waals surface area contributed by atoms with Gasteiger partial charge in [-0.15, -0.1) is 0 Å². The van der Waals surface area contributed by atoms with Crippen molar-refractivity contribution in [3.63, 3.8) is 0 Å². The second-order valence-corrected chi connectivity index (χ2v) is 5.95. The van der Waals surface area contributed by atoms with E-state index in [1.165, 1.54) is 0 Å². The standard InChI is InChI=1S/C17H33NO3/c1-4-7-8-9-10-16(19)15-18(12-5-2,13-6-3)14-11-17(20)21/h9-10,16,19H,4-8,11-15H2,1-3H3/b10-9+. The van der Waals surface area contributed by atoms with E-state index in [0.29, 0.717) is 17.6 Å². The molecule has 4 heteroatoms. The van der Waals surface area contributed by atoms with Crippen LogP contribution in [0, 0.1) is 0 Å². The maximum absolute atomic E-state index is 10.8. The molecule has 0 radical (unpaired) electrons. The summed E-state index contributed by atoms with van der Waals surface area (Å²) in [5.41, 5.74) is 0. The lowest BCUT2D eigenvalue weighted by molar-refractivity contribution is -0.930. The summed E-state index contributed by atoms with van der Waals surface area (Å²) < 4.78 is 0.667. The molecular formula is C17H33NO3. The van der Waals surface area contributed by atoms with Crippen LogP contribution in [0.4, 0.5) is 0 Å². The molecule has 0 saturated heterocycles. The highest BCUT2D eigenvalue weighted by atomic mass is 16.4. The number of aliphatic hydroxyl groups is 1. The summed E-state index contributed by atoms with van der Waals surface area (Å²) in [5.74, 6) is -1.00. The van der Waals surface area contributed by atoms with Crippen LogP contribution in [0.2, 0.25) is 0 Å². The molecule has 0 heterocycles. The largest absolute Gasteiger partial charge is 0.550 e. The molecular weight excluding hydrogens is 266 g/mol. The fourth-order valence-electron chi connectivity index (χ4n) is 2.92. The average Bonchev–Trinajstić information content (AvgIpc) is 2.42. The Bertz CT molecular complexity index is 296. The second kappa shape index (κ2) is 11.8. The number of aliphatic hydroxyl groups excluding tert-OH is 1. The number of carboxylic acid groups (broad SMARTS) is 1. The third kappa shape index (κ3) is 9.64. The van der Waals surface area contributed by atoms with E-state index in [4.69, 9.17) is 0 Å². The van der Waals surface area contributed by atoms with Crippen molar-refractivity contribution in [3.8, 4) is 0 Å². The summed E-state index contributed by atoms with van der Waals surface area (Å²) in [6.07, 6.45) is 8.72.